The van der Waals surface area contributed by atoms with Gasteiger partial charge in [-0.2, -0.15) is 5.26 Å². The summed E-state index contributed by atoms with van der Waals surface area (Å²) in [6.07, 6.45) is 0. The van der Waals surface area contributed by atoms with Crippen molar-refractivity contribution in [2.75, 3.05) is 13.2 Å². The van der Waals surface area contributed by atoms with Gasteiger partial charge in [0.05, 0.1) is 6.07 Å². The standard InChI is InChI=1S/C14H20N2O/c1-5-16-14(4,9-15)10-17-13-8-6-7-11(2)12(13)3/h6-8,16H,5,10H2,1-4H3. The maximum absolute atomic E-state index is 9.13. The molecule has 0 fully saturated rings. The van der Waals surface area contributed by atoms with Gasteiger partial charge in [0.15, 0.2) is 0 Å². The second-order valence-electron chi connectivity index (χ2n) is 4.46. The van der Waals surface area contributed by atoms with Gasteiger partial charge in [-0.25, -0.2) is 0 Å². The maximum atomic E-state index is 9.13. The average molecular weight is 232 g/mol. The molecule has 1 rings (SSSR count). The Hall–Kier alpha value is -1.53. The van der Waals surface area contributed by atoms with Crippen molar-refractivity contribution in [3.05, 3.63) is 29.3 Å². The van der Waals surface area contributed by atoms with Crippen LogP contribution in [0.5, 0.6) is 5.75 Å². The topological polar surface area (TPSA) is 45.0 Å². The van der Waals surface area contributed by atoms with Gasteiger partial charge in [0.1, 0.15) is 17.9 Å². The second-order valence-corrected chi connectivity index (χ2v) is 4.46. The van der Waals surface area contributed by atoms with Crippen LogP contribution in [-0.2, 0) is 0 Å². The molecule has 0 saturated carbocycles. The zero-order chi connectivity index (χ0) is 12.9. The minimum Gasteiger partial charge on any atom is -0.490 e. The molecule has 0 aromatic heterocycles. The molecule has 17 heavy (non-hydrogen) atoms. The fourth-order valence-electron chi connectivity index (χ4n) is 1.62. The van der Waals surface area contributed by atoms with Crippen LogP contribution in [0.4, 0.5) is 0 Å². The number of nitrogens with one attached hydrogen (secondary N) is 1. The van der Waals surface area contributed by atoms with E-state index in [9.17, 15) is 0 Å². The molecule has 0 aliphatic heterocycles. The Morgan fingerprint density at radius 3 is 2.71 bits per heavy atom. The molecule has 3 heteroatoms. The number of benzene rings is 1. The SMILES string of the molecule is CCNC(C)(C#N)COc1cccc(C)c1C. The van der Waals surface area contributed by atoms with Gasteiger partial charge in [0, 0.05) is 0 Å². The molecular weight excluding hydrogens is 212 g/mol. The van der Waals surface area contributed by atoms with Gasteiger partial charge in [-0.1, -0.05) is 19.1 Å². The van der Waals surface area contributed by atoms with E-state index in [1.54, 1.807) is 0 Å². The van der Waals surface area contributed by atoms with Crippen LogP contribution in [0.3, 0.4) is 0 Å². The van der Waals surface area contributed by atoms with Gasteiger partial charge in [-0.05, 0) is 44.5 Å². The molecule has 0 heterocycles. The Kier molecular flexibility index (Phi) is 4.53. The van der Waals surface area contributed by atoms with E-state index in [4.69, 9.17) is 10.00 Å². The number of nitrogens with zero attached hydrogens (tertiary/aromatic N) is 1. The van der Waals surface area contributed by atoms with E-state index in [0.29, 0.717) is 6.61 Å². The van der Waals surface area contributed by atoms with Crippen LogP contribution < -0.4 is 10.1 Å². The van der Waals surface area contributed by atoms with Gasteiger partial charge in [0.25, 0.3) is 0 Å². The van der Waals surface area contributed by atoms with E-state index in [1.807, 2.05) is 32.9 Å². The molecule has 1 aromatic carbocycles. The largest absolute Gasteiger partial charge is 0.490 e. The maximum Gasteiger partial charge on any atom is 0.138 e. The first-order chi connectivity index (χ1) is 8.02. The zero-order valence-electron chi connectivity index (χ0n) is 11.0. The first-order valence-corrected chi connectivity index (χ1v) is 5.87. The van der Waals surface area contributed by atoms with E-state index in [1.165, 1.54) is 5.56 Å². The molecule has 1 unspecified atom stereocenters. The van der Waals surface area contributed by atoms with Crippen molar-refractivity contribution in [2.45, 2.75) is 33.2 Å². The summed E-state index contributed by atoms with van der Waals surface area (Å²) in [5, 5.41) is 12.3. The Bertz CT molecular complexity index is 423. The van der Waals surface area contributed by atoms with Crippen molar-refractivity contribution in [3.63, 3.8) is 0 Å². The van der Waals surface area contributed by atoms with Gasteiger partial charge < -0.3 is 4.74 Å². The summed E-state index contributed by atoms with van der Waals surface area (Å²) in [5.74, 6) is 0.851. The van der Waals surface area contributed by atoms with Gasteiger partial charge in [-0.15, -0.1) is 0 Å². The Labute approximate surface area is 103 Å². The smallest absolute Gasteiger partial charge is 0.138 e. The Morgan fingerprint density at radius 1 is 1.41 bits per heavy atom. The number of likely N-dealkylation sites (N-methyl/N-ethyl adjacent to an activating group) is 1. The fourth-order valence-corrected chi connectivity index (χ4v) is 1.62. The summed E-state index contributed by atoms with van der Waals surface area (Å²) in [5.41, 5.74) is 1.69. The van der Waals surface area contributed by atoms with Crippen LogP contribution >= 0.6 is 0 Å². The monoisotopic (exact) mass is 232 g/mol. The van der Waals surface area contributed by atoms with Crippen molar-refractivity contribution in [3.8, 4) is 11.8 Å². The molecule has 1 aromatic rings. The highest BCUT2D eigenvalue weighted by Gasteiger charge is 2.23. The van der Waals surface area contributed by atoms with Crippen LogP contribution in [0.1, 0.15) is 25.0 Å². The molecule has 0 bridgehead atoms. The molecule has 1 atom stereocenters. The lowest BCUT2D eigenvalue weighted by Crippen LogP contribution is -2.46. The third-order valence-electron chi connectivity index (χ3n) is 2.88. The first-order valence-electron chi connectivity index (χ1n) is 5.87. The highest BCUT2D eigenvalue weighted by Crippen LogP contribution is 2.21. The molecule has 0 saturated heterocycles. The van der Waals surface area contributed by atoms with Crippen LogP contribution in [0.15, 0.2) is 18.2 Å². The van der Waals surface area contributed by atoms with Crippen LogP contribution in [0, 0.1) is 25.2 Å². The zero-order valence-corrected chi connectivity index (χ0v) is 11.0. The van der Waals surface area contributed by atoms with Crippen LogP contribution in [0.25, 0.3) is 0 Å². The molecule has 0 aliphatic rings. The first kappa shape index (κ1) is 13.5. The van der Waals surface area contributed by atoms with E-state index < -0.39 is 5.54 Å². The number of aryl methyl sites for hydroxylation is 1. The summed E-state index contributed by atoms with van der Waals surface area (Å²) < 4.78 is 5.74. The van der Waals surface area contributed by atoms with Crippen molar-refractivity contribution >= 4 is 0 Å². The second kappa shape index (κ2) is 5.70. The highest BCUT2D eigenvalue weighted by atomic mass is 16.5. The number of rotatable bonds is 5. The lowest BCUT2D eigenvalue weighted by atomic mass is 10.1. The average Bonchev–Trinajstić information content (AvgIpc) is 2.31. The summed E-state index contributed by atoms with van der Waals surface area (Å²) in [6.45, 7) is 9.01. The lowest BCUT2D eigenvalue weighted by Gasteiger charge is -2.23. The van der Waals surface area contributed by atoms with Gasteiger partial charge in [-0.3, -0.25) is 5.32 Å². The summed E-state index contributed by atoms with van der Waals surface area (Å²) in [7, 11) is 0. The van der Waals surface area contributed by atoms with E-state index in [0.717, 1.165) is 17.9 Å². The third kappa shape index (κ3) is 3.47. The highest BCUT2D eigenvalue weighted by molar-refractivity contribution is 5.38. The molecule has 0 spiro atoms. The normalized spacial score (nSPS) is 13.8. The molecular formula is C14H20N2O. The van der Waals surface area contributed by atoms with Crippen molar-refractivity contribution in [1.29, 1.82) is 5.26 Å². The molecule has 0 aliphatic carbocycles. The lowest BCUT2D eigenvalue weighted by molar-refractivity contribution is 0.235. The number of ether oxygens (including phenoxy) is 1. The minimum absolute atomic E-state index is 0.349. The minimum atomic E-state index is -0.634. The predicted molar refractivity (Wildman–Crippen MR) is 69.1 cm³/mol. The summed E-state index contributed by atoms with van der Waals surface area (Å²) in [6, 6.07) is 8.20. The number of hydrogen-bond acceptors (Lipinski definition) is 3. The van der Waals surface area contributed by atoms with Gasteiger partial charge >= 0.3 is 0 Å². The molecule has 0 amide bonds. The summed E-state index contributed by atoms with van der Waals surface area (Å²) >= 11 is 0. The molecule has 3 nitrogen and oxygen atoms in total. The predicted octanol–water partition coefficient (Wildman–Crippen LogP) is 2.57. The van der Waals surface area contributed by atoms with Crippen molar-refractivity contribution in [2.24, 2.45) is 0 Å². The Morgan fingerprint density at radius 2 is 2.12 bits per heavy atom. The summed E-state index contributed by atoms with van der Waals surface area (Å²) in [4.78, 5) is 0. The van der Waals surface area contributed by atoms with Crippen molar-refractivity contribution < 1.29 is 4.74 Å². The fraction of sp³-hybridized carbons (Fsp3) is 0.500. The van der Waals surface area contributed by atoms with Crippen LogP contribution in [0.2, 0.25) is 0 Å². The third-order valence-corrected chi connectivity index (χ3v) is 2.88. The van der Waals surface area contributed by atoms with Crippen LogP contribution in [-0.4, -0.2) is 18.7 Å². The van der Waals surface area contributed by atoms with Crippen molar-refractivity contribution in [1.82, 2.24) is 5.32 Å². The Balaban J connectivity index is 2.73. The molecule has 0 radical (unpaired) electrons. The number of hydrogen-bond donors (Lipinski definition) is 1. The van der Waals surface area contributed by atoms with E-state index in [-0.39, 0.29) is 0 Å². The quantitative estimate of drug-likeness (QED) is 0.848. The van der Waals surface area contributed by atoms with Gasteiger partial charge in [0.2, 0.25) is 0 Å². The molecule has 1 N–H and O–H groups in total. The number of nitriles is 1. The van der Waals surface area contributed by atoms with E-state index >= 15 is 0 Å². The van der Waals surface area contributed by atoms with E-state index in [2.05, 4.69) is 24.4 Å². The molecule has 92 valence electrons.